The molecule has 0 bridgehead atoms. The molecule has 4 aromatic heterocycles. The maximum absolute atomic E-state index is 12.4. The van der Waals surface area contributed by atoms with E-state index in [2.05, 4.69) is 36.9 Å². The molecule has 5 rings (SSSR count). The fraction of sp³-hybridized carbons (Fsp3) is 0.569. The van der Waals surface area contributed by atoms with Gasteiger partial charge < -0.3 is 13.7 Å². The van der Waals surface area contributed by atoms with Crippen LogP contribution in [0.2, 0.25) is 0 Å². The minimum absolute atomic E-state index is 0.00926. The third-order valence-electron chi connectivity index (χ3n) is 8.86. The first-order valence-electron chi connectivity index (χ1n) is 21.9. The van der Waals surface area contributed by atoms with Crippen LogP contribution in [0.3, 0.4) is 0 Å². The van der Waals surface area contributed by atoms with E-state index >= 15 is 0 Å². The maximum atomic E-state index is 12.4. The number of fused-ring (bicyclic) bond motifs is 1. The summed E-state index contributed by atoms with van der Waals surface area (Å²) in [6, 6.07) is 13.6. The van der Waals surface area contributed by atoms with Crippen LogP contribution in [0.4, 0.5) is 0 Å². The van der Waals surface area contributed by atoms with Gasteiger partial charge in [0.15, 0.2) is 0 Å². The van der Waals surface area contributed by atoms with E-state index < -0.39 is 0 Å². The van der Waals surface area contributed by atoms with Crippen molar-refractivity contribution in [2.24, 2.45) is 28.2 Å². The molecule has 0 saturated heterocycles. The van der Waals surface area contributed by atoms with Crippen LogP contribution in [-0.2, 0) is 49.9 Å². The van der Waals surface area contributed by atoms with E-state index in [0.717, 1.165) is 33.3 Å². The van der Waals surface area contributed by atoms with Crippen LogP contribution >= 0.6 is 0 Å². The number of pyridine rings is 2. The highest BCUT2D eigenvalue weighted by molar-refractivity contribution is 5.83. The van der Waals surface area contributed by atoms with Crippen molar-refractivity contribution < 1.29 is 0 Å². The summed E-state index contributed by atoms with van der Waals surface area (Å²) < 4.78 is 6.23. The Morgan fingerprint density at radius 1 is 0.492 bits per heavy atom. The number of benzene rings is 1. The summed E-state index contributed by atoms with van der Waals surface area (Å²) in [5.41, 5.74) is 5.30. The molecule has 0 unspecified atom stereocenters. The Bertz CT molecular complexity index is 2100. The van der Waals surface area contributed by atoms with Gasteiger partial charge >= 0.3 is 0 Å². The largest absolute Gasteiger partial charge is 0.318 e. The molecule has 0 spiro atoms. The number of para-hydroxylation sites is 1. The molecule has 0 fully saturated rings. The minimum atomic E-state index is -0.122. The van der Waals surface area contributed by atoms with Crippen LogP contribution in [0.1, 0.15) is 166 Å². The van der Waals surface area contributed by atoms with Gasteiger partial charge in [-0.2, -0.15) is 5.10 Å². The summed E-state index contributed by atoms with van der Waals surface area (Å²) in [4.78, 5) is 51.0. The lowest BCUT2D eigenvalue weighted by atomic mass is 9.84. The van der Waals surface area contributed by atoms with Crippen LogP contribution in [-0.4, -0.2) is 28.5 Å². The van der Waals surface area contributed by atoms with E-state index in [1.165, 1.54) is 21.0 Å². The van der Waals surface area contributed by atoms with Gasteiger partial charge in [0.25, 0.3) is 22.2 Å². The number of rotatable bonds is 0. The van der Waals surface area contributed by atoms with E-state index in [0.29, 0.717) is 0 Å². The second kappa shape index (κ2) is 27.2. The lowest BCUT2D eigenvalue weighted by Gasteiger charge is -2.23. The molecule has 0 aliphatic rings. The molecule has 5 aromatic rings. The summed E-state index contributed by atoms with van der Waals surface area (Å²) in [7, 11) is 7.00. The maximum Gasteiger partial charge on any atom is 0.270 e. The van der Waals surface area contributed by atoms with Crippen LogP contribution < -0.4 is 22.2 Å². The van der Waals surface area contributed by atoms with Crippen molar-refractivity contribution in [1.29, 1.82) is 0 Å². The van der Waals surface area contributed by atoms with Crippen LogP contribution in [0.25, 0.3) is 10.9 Å². The summed E-state index contributed by atoms with van der Waals surface area (Å²) >= 11 is 0. The normalized spacial score (nSPS) is 10.6. The van der Waals surface area contributed by atoms with Gasteiger partial charge in [-0.05, 0) is 52.3 Å². The quantitative estimate of drug-likeness (QED) is 0.153. The van der Waals surface area contributed by atoms with Crippen molar-refractivity contribution >= 4 is 10.9 Å². The average molecular weight is 847 g/mol. The number of nitrogens with zero attached hydrogens (tertiary/aromatic N) is 6. The van der Waals surface area contributed by atoms with Crippen molar-refractivity contribution in [2.45, 2.75) is 167 Å². The molecule has 61 heavy (non-hydrogen) atoms. The first kappa shape index (κ1) is 60.4. The Kier molecular flexibility index (Phi) is 26.9. The lowest BCUT2D eigenvalue weighted by Crippen LogP contribution is -2.30. The van der Waals surface area contributed by atoms with Gasteiger partial charge in [-0.15, -0.1) is 0 Å². The summed E-state index contributed by atoms with van der Waals surface area (Å²) in [6.07, 6.45) is 6.60. The SMILES string of the molecule is CC.CC.CC.CC.Cc1c(C(C)(C)C)c(=O)n(C)c2ccccc12.Cn1cccc(C(C)(C)C)c1=O.Cn1cncc(C(C)(C)C)c1=O.Cn1nccc(C(C)(C)C)c1=O. The Morgan fingerprint density at radius 2 is 0.934 bits per heavy atom. The Labute approximate surface area is 370 Å². The van der Waals surface area contributed by atoms with Crippen molar-refractivity contribution in [3.63, 3.8) is 0 Å². The third-order valence-corrected chi connectivity index (χ3v) is 8.86. The van der Waals surface area contributed by atoms with Crippen molar-refractivity contribution in [3.8, 4) is 0 Å². The van der Waals surface area contributed by atoms with Gasteiger partial charge in [0.05, 0.1) is 11.8 Å². The molecule has 10 heteroatoms. The van der Waals surface area contributed by atoms with Gasteiger partial charge in [0.2, 0.25) is 0 Å². The zero-order valence-corrected chi connectivity index (χ0v) is 43.2. The summed E-state index contributed by atoms with van der Waals surface area (Å²) in [6.45, 7) is 42.5. The van der Waals surface area contributed by atoms with Crippen molar-refractivity contribution in [1.82, 2.24) is 28.5 Å². The Balaban J connectivity index is -0.000000703. The highest BCUT2D eigenvalue weighted by Crippen LogP contribution is 2.27. The van der Waals surface area contributed by atoms with Crippen LogP contribution in [0.5, 0.6) is 0 Å². The fourth-order valence-electron chi connectivity index (χ4n) is 5.80. The molecule has 0 aliphatic heterocycles. The van der Waals surface area contributed by atoms with Crippen molar-refractivity contribution in [3.05, 3.63) is 137 Å². The van der Waals surface area contributed by atoms with Gasteiger partial charge in [-0.25, -0.2) is 9.67 Å². The second-order valence-electron chi connectivity index (χ2n) is 17.6. The topological polar surface area (TPSA) is 114 Å². The zero-order chi connectivity index (χ0) is 48.9. The van der Waals surface area contributed by atoms with E-state index in [-0.39, 0.29) is 43.9 Å². The highest BCUT2D eigenvalue weighted by Gasteiger charge is 2.23. The molecule has 0 atom stereocenters. The number of aromatic nitrogens is 6. The highest BCUT2D eigenvalue weighted by atomic mass is 16.1. The Morgan fingerprint density at radius 3 is 1.34 bits per heavy atom. The van der Waals surface area contributed by atoms with Crippen LogP contribution in [0, 0.1) is 6.92 Å². The van der Waals surface area contributed by atoms with Gasteiger partial charge in [0.1, 0.15) is 0 Å². The third kappa shape index (κ3) is 18.3. The standard InChI is InChI=1S/C15H19NO.C10H15NO.2C9H14N2O.4C2H6/c1-10-11-8-6-7-9-12(11)16(5)14(17)13(10)15(2,3)4;1-10(2,3)8-6-5-7-11(4)9(8)12;1-9(2,3)7-5-10-6-11(4)8(7)12;1-9(2,3)7-5-6-10-11(4)8(7)12;4*1-2/h6-9H,1-5H3;5-7H,1-4H3;2*5-6H,1-4H3;4*1-2H3. The first-order chi connectivity index (χ1) is 28.1. The number of hydrogen-bond acceptors (Lipinski definition) is 6. The molecule has 0 N–H and O–H groups in total. The average Bonchev–Trinajstić information content (AvgIpc) is 3.19. The smallest absolute Gasteiger partial charge is 0.270 e. The molecule has 344 valence electrons. The van der Waals surface area contributed by atoms with E-state index in [1.807, 2.05) is 162 Å². The summed E-state index contributed by atoms with van der Waals surface area (Å²) in [5.74, 6) is 0. The lowest BCUT2D eigenvalue weighted by molar-refractivity contribution is 0.559. The molecular formula is C51H86N6O4. The molecular weight excluding hydrogens is 761 g/mol. The molecule has 0 amide bonds. The predicted molar refractivity (Wildman–Crippen MR) is 265 cm³/mol. The molecule has 4 heterocycles. The van der Waals surface area contributed by atoms with Crippen LogP contribution in [0.15, 0.2) is 86.6 Å². The molecule has 0 radical (unpaired) electrons. The number of hydrogen-bond donors (Lipinski definition) is 0. The minimum Gasteiger partial charge on any atom is -0.318 e. The molecule has 10 nitrogen and oxygen atoms in total. The molecule has 0 aliphatic carbocycles. The van der Waals surface area contributed by atoms with Gasteiger partial charge in [0, 0.05) is 74.4 Å². The first-order valence-corrected chi connectivity index (χ1v) is 21.9. The second-order valence-corrected chi connectivity index (χ2v) is 17.6. The van der Waals surface area contributed by atoms with Crippen molar-refractivity contribution in [2.75, 3.05) is 0 Å². The van der Waals surface area contributed by atoms with Gasteiger partial charge in [-0.1, -0.05) is 163 Å². The van der Waals surface area contributed by atoms with E-state index in [1.54, 1.807) is 54.9 Å². The predicted octanol–water partition coefficient (Wildman–Crippen LogP) is 11.1. The number of aryl methyl sites for hydroxylation is 5. The molecule has 1 aromatic carbocycles. The Hall–Kier alpha value is -4.86. The molecule has 0 saturated carbocycles. The van der Waals surface area contributed by atoms with Gasteiger partial charge in [-0.3, -0.25) is 19.2 Å². The summed E-state index contributed by atoms with van der Waals surface area (Å²) in [5, 5.41) is 5.02. The fourth-order valence-corrected chi connectivity index (χ4v) is 5.80. The monoisotopic (exact) mass is 847 g/mol. The zero-order valence-electron chi connectivity index (χ0n) is 43.2. The van der Waals surface area contributed by atoms with E-state index in [4.69, 9.17) is 0 Å². The van der Waals surface area contributed by atoms with E-state index in [9.17, 15) is 19.2 Å².